The maximum absolute atomic E-state index is 3.19. The average Bonchev–Trinajstić information content (AvgIpc) is 2.55. The first-order valence-electron chi connectivity index (χ1n) is 4.03. The second-order valence-electron chi connectivity index (χ2n) is 2.08. The zero-order valence-corrected chi connectivity index (χ0v) is 7.02. The van der Waals surface area contributed by atoms with E-state index in [9.17, 15) is 0 Å². The van der Waals surface area contributed by atoms with Crippen LogP contribution < -0.4 is 10.6 Å². The van der Waals surface area contributed by atoms with Gasteiger partial charge in [0.25, 0.3) is 0 Å². The van der Waals surface area contributed by atoms with Gasteiger partial charge in [0, 0.05) is 0 Å². The number of nitrogens with one attached hydrogen (secondary N) is 2. The smallest absolute Gasteiger partial charge is 0.0850 e. The second-order valence-corrected chi connectivity index (χ2v) is 2.08. The number of para-hydroxylation sites is 2. The van der Waals surface area contributed by atoms with E-state index in [4.69, 9.17) is 0 Å². The Morgan fingerprint density at radius 2 is 1.45 bits per heavy atom. The van der Waals surface area contributed by atoms with Crippen LogP contribution in [0.2, 0.25) is 0 Å². The minimum absolute atomic E-state index is 0.860. The molecule has 2 N–H and O–H groups in total. The highest BCUT2D eigenvalue weighted by Gasteiger charge is 2.04. The van der Waals surface area contributed by atoms with Crippen molar-refractivity contribution in [2.45, 2.75) is 13.8 Å². The van der Waals surface area contributed by atoms with Gasteiger partial charge in [-0.1, -0.05) is 26.0 Å². The lowest BCUT2D eigenvalue weighted by molar-refractivity contribution is 1.31. The molecule has 0 amide bonds. The first kappa shape index (κ1) is 7.92. The van der Waals surface area contributed by atoms with Crippen LogP contribution in [0.3, 0.4) is 0 Å². The van der Waals surface area contributed by atoms with Gasteiger partial charge in [0.1, 0.15) is 0 Å². The molecule has 0 aliphatic carbocycles. The molecule has 0 spiro atoms. The predicted octanol–water partition coefficient (Wildman–Crippen LogP) is 2.51. The number of anilines is 2. The molecule has 0 saturated carbocycles. The largest absolute Gasteiger partial charge is 0.366 e. The van der Waals surface area contributed by atoms with Crippen LogP contribution in [0.25, 0.3) is 0 Å². The Hall–Kier alpha value is -1.18. The van der Waals surface area contributed by atoms with Crippen molar-refractivity contribution in [1.82, 2.24) is 0 Å². The maximum Gasteiger partial charge on any atom is 0.0850 e. The highest BCUT2D eigenvalue weighted by molar-refractivity contribution is 5.72. The maximum atomic E-state index is 3.19. The highest BCUT2D eigenvalue weighted by atomic mass is 15.1. The summed E-state index contributed by atoms with van der Waals surface area (Å²) >= 11 is 0. The molecule has 2 heteroatoms. The molecule has 0 fully saturated rings. The van der Waals surface area contributed by atoms with Crippen molar-refractivity contribution >= 4 is 11.4 Å². The number of hydrogen-bond acceptors (Lipinski definition) is 2. The number of hydrogen-bond donors (Lipinski definition) is 2. The van der Waals surface area contributed by atoms with Gasteiger partial charge in [-0.3, -0.25) is 0 Å². The van der Waals surface area contributed by atoms with Crippen LogP contribution in [-0.2, 0) is 0 Å². The van der Waals surface area contributed by atoms with Gasteiger partial charge in [0.15, 0.2) is 0 Å². The number of benzene rings is 1. The Kier molecular flexibility index (Phi) is 2.78. The fraction of sp³-hybridized carbons (Fsp3) is 0.333. The quantitative estimate of drug-likeness (QED) is 0.593. The summed E-state index contributed by atoms with van der Waals surface area (Å²) in [7, 11) is 0. The SMILES string of the molecule is CC.c1ccc2c(c1)NCN2. The third kappa shape index (κ3) is 1.64. The topological polar surface area (TPSA) is 24.1 Å². The van der Waals surface area contributed by atoms with Crippen LogP contribution in [0.1, 0.15) is 13.8 Å². The van der Waals surface area contributed by atoms with Crippen LogP contribution in [-0.4, -0.2) is 6.67 Å². The number of fused-ring (bicyclic) bond motifs is 1. The van der Waals surface area contributed by atoms with Gasteiger partial charge >= 0.3 is 0 Å². The van der Waals surface area contributed by atoms with Crippen molar-refractivity contribution in [3.63, 3.8) is 0 Å². The summed E-state index contributed by atoms with van der Waals surface area (Å²) < 4.78 is 0. The van der Waals surface area contributed by atoms with Crippen molar-refractivity contribution in [2.24, 2.45) is 0 Å². The first-order chi connectivity index (χ1) is 5.47. The van der Waals surface area contributed by atoms with Crippen molar-refractivity contribution in [2.75, 3.05) is 17.3 Å². The van der Waals surface area contributed by atoms with Gasteiger partial charge < -0.3 is 10.6 Å². The molecule has 0 unspecified atom stereocenters. The minimum Gasteiger partial charge on any atom is -0.366 e. The molecule has 1 aliphatic heterocycles. The zero-order valence-electron chi connectivity index (χ0n) is 7.02. The van der Waals surface area contributed by atoms with Gasteiger partial charge in [-0.2, -0.15) is 0 Å². The summed E-state index contributed by atoms with van der Waals surface area (Å²) in [4.78, 5) is 0. The molecule has 1 aliphatic rings. The van der Waals surface area contributed by atoms with Crippen LogP contribution >= 0.6 is 0 Å². The highest BCUT2D eigenvalue weighted by Crippen LogP contribution is 2.23. The minimum atomic E-state index is 0.860. The lowest BCUT2D eigenvalue weighted by Crippen LogP contribution is -1.98. The van der Waals surface area contributed by atoms with Crippen LogP contribution in [0.5, 0.6) is 0 Å². The Balaban J connectivity index is 0.000000281. The van der Waals surface area contributed by atoms with E-state index < -0.39 is 0 Å². The molecular formula is C9H14N2. The molecule has 2 nitrogen and oxygen atoms in total. The van der Waals surface area contributed by atoms with Crippen LogP contribution in [0.4, 0.5) is 11.4 Å². The van der Waals surface area contributed by atoms with Gasteiger partial charge in [0.05, 0.1) is 18.0 Å². The summed E-state index contributed by atoms with van der Waals surface area (Å²) in [6.07, 6.45) is 0. The summed E-state index contributed by atoms with van der Waals surface area (Å²) in [5, 5.41) is 6.38. The molecule has 0 aromatic heterocycles. The summed E-state index contributed by atoms with van der Waals surface area (Å²) in [6.45, 7) is 4.86. The third-order valence-corrected chi connectivity index (χ3v) is 1.48. The Bertz CT molecular complexity index is 198. The van der Waals surface area contributed by atoms with Crippen LogP contribution in [0, 0.1) is 0 Å². The third-order valence-electron chi connectivity index (χ3n) is 1.48. The van der Waals surface area contributed by atoms with E-state index in [-0.39, 0.29) is 0 Å². The standard InChI is InChI=1S/C7H8N2.C2H6/c1-2-4-7-6(3-1)8-5-9-7;1-2/h1-4,8-9H,5H2;1-2H3. The lowest BCUT2D eigenvalue weighted by Gasteiger charge is -1.93. The fourth-order valence-electron chi connectivity index (χ4n) is 1.03. The second kappa shape index (κ2) is 3.86. The van der Waals surface area contributed by atoms with Crippen molar-refractivity contribution in [3.8, 4) is 0 Å². The summed E-state index contributed by atoms with van der Waals surface area (Å²) in [5.74, 6) is 0. The molecule has 11 heavy (non-hydrogen) atoms. The van der Waals surface area contributed by atoms with Gasteiger partial charge in [0.2, 0.25) is 0 Å². The molecule has 1 aromatic rings. The van der Waals surface area contributed by atoms with E-state index in [0.717, 1.165) is 6.67 Å². The molecule has 0 radical (unpaired) electrons. The molecule has 0 atom stereocenters. The molecule has 1 aromatic carbocycles. The normalized spacial score (nSPS) is 11.8. The van der Waals surface area contributed by atoms with E-state index >= 15 is 0 Å². The Morgan fingerprint density at radius 3 is 1.91 bits per heavy atom. The molecule has 0 saturated heterocycles. The van der Waals surface area contributed by atoms with E-state index in [1.54, 1.807) is 0 Å². The van der Waals surface area contributed by atoms with E-state index in [1.165, 1.54) is 11.4 Å². The molecule has 1 heterocycles. The predicted molar refractivity (Wildman–Crippen MR) is 49.9 cm³/mol. The first-order valence-corrected chi connectivity index (χ1v) is 4.03. The molecule has 2 rings (SSSR count). The van der Waals surface area contributed by atoms with Gasteiger partial charge in [-0.25, -0.2) is 0 Å². The zero-order chi connectivity index (χ0) is 8.10. The summed E-state index contributed by atoms with van der Waals surface area (Å²) in [6, 6.07) is 8.18. The lowest BCUT2D eigenvalue weighted by atomic mass is 10.3. The van der Waals surface area contributed by atoms with E-state index in [1.807, 2.05) is 26.0 Å². The Morgan fingerprint density at radius 1 is 1.00 bits per heavy atom. The van der Waals surface area contributed by atoms with Crippen LogP contribution in [0.15, 0.2) is 24.3 Å². The van der Waals surface area contributed by atoms with E-state index in [2.05, 4.69) is 22.8 Å². The Labute approximate surface area is 67.6 Å². The van der Waals surface area contributed by atoms with Crippen molar-refractivity contribution < 1.29 is 0 Å². The monoisotopic (exact) mass is 150 g/mol. The van der Waals surface area contributed by atoms with Crippen molar-refractivity contribution in [1.29, 1.82) is 0 Å². The van der Waals surface area contributed by atoms with Gasteiger partial charge in [-0.15, -0.1) is 0 Å². The number of rotatable bonds is 0. The van der Waals surface area contributed by atoms with Crippen molar-refractivity contribution in [3.05, 3.63) is 24.3 Å². The fourth-order valence-corrected chi connectivity index (χ4v) is 1.03. The average molecular weight is 150 g/mol. The molecule has 0 bridgehead atoms. The van der Waals surface area contributed by atoms with Gasteiger partial charge in [-0.05, 0) is 12.1 Å². The molecule has 60 valence electrons. The summed E-state index contributed by atoms with van der Waals surface area (Å²) in [5.41, 5.74) is 2.41. The van der Waals surface area contributed by atoms with E-state index in [0.29, 0.717) is 0 Å². The molecular weight excluding hydrogens is 136 g/mol.